The molecule has 40 heavy (non-hydrogen) atoms. The molecule has 0 radical (unpaired) electrons. The second kappa shape index (κ2) is 12.0. The summed E-state index contributed by atoms with van der Waals surface area (Å²) in [6.07, 6.45) is 14.7. The molecule has 2 aliphatic carbocycles. The van der Waals surface area contributed by atoms with E-state index in [2.05, 4.69) is 56.6 Å². The average Bonchev–Trinajstić information content (AvgIpc) is 3.38. The fourth-order valence-corrected chi connectivity index (χ4v) is 6.40. The number of carbonyl (C=O) groups is 1. The molecule has 6 nitrogen and oxygen atoms in total. The number of pyridine rings is 2. The van der Waals surface area contributed by atoms with E-state index in [1.165, 1.54) is 46.2 Å². The summed E-state index contributed by atoms with van der Waals surface area (Å²) in [6.45, 7) is 1.94. The van der Waals surface area contributed by atoms with Gasteiger partial charge in [0.15, 0.2) is 0 Å². The highest BCUT2D eigenvalue weighted by Crippen LogP contribution is 2.35. The van der Waals surface area contributed by atoms with Crippen LogP contribution in [0.1, 0.15) is 75.0 Å². The second-order valence-corrected chi connectivity index (χ2v) is 11.3. The van der Waals surface area contributed by atoms with E-state index in [1.54, 1.807) is 0 Å². The largest absolute Gasteiger partial charge is 0.358 e. The molecule has 1 aromatic carbocycles. The van der Waals surface area contributed by atoms with Crippen molar-refractivity contribution in [3.63, 3.8) is 0 Å². The van der Waals surface area contributed by atoms with Gasteiger partial charge in [-0.05, 0) is 72.6 Å². The maximum Gasteiger partial charge on any atom is 0.254 e. The average molecular weight is 573 g/mol. The lowest BCUT2D eigenvalue weighted by molar-refractivity contribution is 0.0951. The Bertz CT molecular complexity index is 1540. The minimum atomic E-state index is -0.320. The number of hydrogen-bond acceptors (Lipinski definition) is 4. The highest BCUT2D eigenvalue weighted by atomic mass is 35.5. The first kappa shape index (κ1) is 26.8. The molecule has 1 amide bonds. The van der Waals surface area contributed by atoms with Crippen LogP contribution < -0.4 is 5.32 Å². The molecule has 2 N–H and O–H groups in total. The number of benzene rings is 1. The van der Waals surface area contributed by atoms with E-state index >= 15 is 0 Å². The molecule has 2 aliphatic rings. The quantitative estimate of drug-likeness (QED) is 0.237. The number of allylic oxidation sites excluding steroid dienone is 1. The van der Waals surface area contributed by atoms with Crippen LogP contribution in [0.3, 0.4) is 0 Å². The zero-order chi connectivity index (χ0) is 27.5. The zero-order valence-electron chi connectivity index (χ0n) is 22.2. The summed E-state index contributed by atoms with van der Waals surface area (Å²) >= 11 is 12.3. The van der Waals surface area contributed by atoms with Gasteiger partial charge in [-0.3, -0.25) is 19.7 Å². The molecule has 0 bridgehead atoms. The molecule has 0 spiro atoms. The third-order valence-corrected chi connectivity index (χ3v) is 8.32. The van der Waals surface area contributed by atoms with Gasteiger partial charge in [0.2, 0.25) is 0 Å². The number of H-pyrrole nitrogens is 1. The number of carbonyl (C=O) groups excluding carboxylic acids is 1. The number of amides is 1. The summed E-state index contributed by atoms with van der Waals surface area (Å²) in [5.41, 5.74) is 8.84. The van der Waals surface area contributed by atoms with E-state index in [4.69, 9.17) is 28.2 Å². The molecule has 0 saturated carbocycles. The number of nitrogens with one attached hydrogen (secondary N) is 2. The minimum absolute atomic E-state index is 0.234. The van der Waals surface area contributed by atoms with Gasteiger partial charge in [-0.15, -0.1) is 0 Å². The van der Waals surface area contributed by atoms with Crippen molar-refractivity contribution in [3.05, 3.63) is 122 Å². The first-order chi connectivity index (χ1) is 19.5. The van der Waals surface area contributed by atoms with E-state index in [0.29, 0.717) is 6.54 Å². The number of aromatic nitrogens is 3. The molecule has 8 heteroatoms. The Labute approximate surface area is 244 Å². The molecule has 1 unspecified atom stereocenters. The van der Waals surface area contributed by atoms with Crippen LogP contribution in [0.15, 0.2) is 67.1 Å². The molecule has 3 aromatic heterocycles. The fourth-order valence-electron chi connectivity index (χ4n) is 5.87. The fraction of sp³-hybridized carbons (Fsp3) is 0.281. The van der Waals surface area contributed by atoms with Crippen molar-refractivity contribution in [3.8, 4) is 0 Å². The van der Waals surface area contributed by atoms with Crippen LogP contribution in [0.4, 0.5) is 0 Å². The van der Waals surface area contributed by atoms with E-state index in [1.807, 2.05) is 24.4 Å². The van der Waals surface area contributed by atoms with Crippen LogP contribution in [-0.2, 0) is 32.5 Å². The SMILES string of the molecule is O=C(NCc1cccc(CN(Cc2cc3c([nH]2)C=CCC3)C2CCCc3cccnc32)c1)c1c(Cl)cncc1Cl. The monoisotopic (exact) mass is 571 g/mol. The van der Waals surface area contributed by atoms with Crippen LogP contribution >= 0.6 is 23.2 Å². The van der Waals surface area contributed by atoms with Crippen molar-refractivity contribution in [2.24, 2.45) is 0 Å². The lowest BCUT2D eigenvalue weighted by Gasteiger charge is -2.35. The number of fused-ring (bicyclic) bond motifs is 2. The van der Waals surface area contributed by atoms with Gasteiger partial charge in [0.25, 0.3) is 5.91 Å². The van der Waals surface area contributed by atoms with Crippen LogP contribution in [0, 0.1) is 0 Å². The third-order valence-electron chi connectivity index (χ3n) is 7.74. The van der Waals surface area contributed by atoms with Gasteiger partial charge in [-0.25, -0.2) is 0 Å². The summed E-state index contributed by atoms with van der Waals surface area (Å²) in [5, 5.41) is 3.42. The topological polar surface area (TPSA) is 73.9 Å². The van der Waals surface area contributed by atoms with Crippen LogP contribution in [0.5, 0.6) is 0 Å². The Balaban J connectivity index is 1.23. The van der Waals surface area contributed by atoms with Crippen molar-refractivity contribution < 1.29 is 4.79 Å². The minimum Gasteiger partial charge on any atom is -0.358 e. The van der Waals surface area contributed by atoms with Crippen molar-refractivity contribution in [2.75, 3.05) is 0 Å². The molecule has 1 atom stereocenters. The Morgan fingerprint density at radius 2 is 1.88 bits per heavy atom. The predicted molar refractivity (Wildman–Crippen MR) is 159 cm³/mol. The van der Waals surface area contributed by atoms with E-state index in [0.717, 1.165) is 50.8 Å². The molecule has 0 fully saturated rings. The lowest BCUT2D eigenvalue weighted by Crippen LogP contribution is -2.31. The number of hydrogen-bond donors (Lipinski definition) is 2. The van der Waals surface area contributed by atoms with Crippen LogP contribution in [0.25, 0.3) is 6.08 Å². The zero-order valence-corrected chi connectivity index (χ0v) is 23.7. The van der Waals surface area contributed by atoms with Crippen molar-refractivity contribution >= 4 is 35.2 Å². The first-order valence-electron chi connectivity index (χ1n) is 13.8. The number of rotatable bonds is 8. The molecule has 6 rings (SSSR count). The molecule has 4 aromatic rings. The molecular weight excluding hydrogens is 541 g/mol. The van der Waals surface area contributed by atoms with Gasteiger partial charge in [0, 0.05) is 49.6 Å². The Hall–Kier alpha value is -3.45. The number of aryl methyl sites for hydroxylation is 2. The lowest BCUT2D eigenvalue weighted by atomic mass is 9.90. The van der Waals surface area contributed by atoms with Gasteiger partial charge in [0.1, 0.15) is 0 Å². The number of aromatic amines is 1. The summed E-state index contributed by atoms with van der Waals surface area (Å²) in [7, 11) is 0. The van der Waals surface area contributed by atoms with Crippen LogP contribution in [0.2, 0.25) is 10.0 Å². The highest BCUT2D eigenvalue weighted by Gasteiger charge is 2.28. The summed E-state index contributed by atoms with van der Waals surface area (Å²) in [6, 6.07) is 15.2. The maximum absolute atomic E-state index is 12.8. The number of halogens is 2. The Morgan fingerprint density at radius 3 is 2.73 bits per heavy atom. The van der Waals surface area contributed by atoms with Gasteiger partial charge in [0.05, 0.1) is 27.3 Å². The predicted octanol–water partition coefficient (Wildman–Crippen LogP) is 7.08. The van der Waals surface area contributed by atoms with Crippen LogP contribution in [-0.4, -0.2) is 25.8 Å². The smallest absolute Gasteiger partial charge is 0.254 e. The molecular formula is C32H31Cl2N5O. The molecule has 3 heterocycles. The van der Waals surface area contributed by atoms with Gasteiger partial charge < -0.3 is 10.3 Å². The normalized spacial score (nSPS) is 16.0. The second-order valence-electron chi connectivity index (χ2n) is 10.5. The van der Waals surface area contributed by atoms with Crippen molar-refractivity contribution in [2.45, 2.75) is 57.8 Å². The Kier molecular flexibility index (Phi) is 8.00. The third kappa shape index (κ3) is 5.85. The first-order valence-corrected chi connectivity index (χ1v) is 14.5. The highest BCUT2D eigenvalue weighted by molar-refractivity contribution is 6.39. The van der Waals surface area contributed by atoms with E-state index in [9.17, 15) is 4.79 Å². The molecule has 0 aliphatic heterocycles. The van der Waals surface area contributed by atoms with Gasteiger partial charge in [-0.2, -0.15) is 0 Å². The molecule has 204 valence electrons. The van der Waals surface area contributed by atoms with Gasteiger partial charge in [-0.1, -0.05) is 59.6 Å². The summed E-state index contributed by atoms with van der Waals surface area (Å²) in [4.78, 5) is 27.8. The summed E-state index contributed by atoms with van der Waals surface area (Å²) in [5.74, 6) is -0.320. The van der Waals surface area contributed by atoms with E-state index < -0.39 is 0 Å². The Morgan fingerprint density at radius 1 is 1.02 bits per heavy atom. The standard InChI is InChI=1S/C32H31Cl2N5O/c33-26-17-35-18-27(34)30(26)32(40)37-16-21-6-3-7-22(14-21)19-39(20-25-15-24-8-1-2-11-28(24)38-25)29-12-4-9-23-10-5-13-36-31(23)29/h2-3,5-7,10-11,13-15,17-18,29,38H,1,4,8-9,12,16,19-20H2,(H,37,40). The van der Waals surface area contributed by atoms with Gasteiger partial charge >= 0.3 is 0 Å². The van der Waals surface area contributed by atoms with E-state index in [-0.39, 0.29) is 27.6 Å². The molecule has 0 saturated heterocycles. The summed E-state index contributed by atoms with van der Waals surface area (Å²) < 4.78 is 0. The maximum atomic E-state index is 12.8. The number of nitrogens with zero attached hydrogens (tertiary/aromatic N) is 3. The van der Waals surface area contributed by atoms with Crippen molar-refractivity contribution in [1.82, 2.24) is 25.2 Å². The van der Waals surface area contributed by atoms with Crippen molar-refractivity contribution in [1.29, 1.82) is 0 Å².